The normalized spacial score (nSPS) is 16.5. The summed E-state index contributed by atoms with van der Waals surface area (Å²) in [7, 11) is -3.95. The van der Waals surface area contributed by atoms with E-state index in [1.165, 1.54) is 13.0 Å². The lowest BCUT2D eigenvalue weighted by molar-refractivity contribution is -0.114. The van der Waals surface area contributed by atoms with Crippen molar-refractivity contribution in [3.63, 3.8) is 0 Å². The van der Waals surface area contributed by atoms with Crippen molar-refractivity contribution in [2.75, 3.05) is 11.9 Å². The number of hydrogen-bond donors (Lipinski definition) is 3. The van der Waals surface area contributed by atoms with Gasteiger partial charge in [-0.1, -0.05) is 0 Å². The third-order valence-corrected chi connectivity index (χ3v) is 4.74. The van der Waals surface area contributed by atoms with Gasteiger partial charge < -0.3 is 11.1 Å². The fraction of sp³-hybridized carbons (Fsp3) is 0.462. The molecule has 1 atom stereocenters. The van der Waals surface area contributed by atoms with Crippen molar-refractivity contribution in [1.82, 2.24) is 4.72 Å². The van der Waals surface area contributed by atoms with Crippen LogP contribution in [0, 0.1) is 11.7 Å². The minimum Gasteiger partial charge on any atom is -0.326 e. The molecule has 116 valence electrons. The van der Waals surface area contributed by atoms with Crippen molar-refractivity contribution in [3.05, 3.63) is 24.0 Å². The van der Waals surface area contributed by atoms with Crippen molar-refractivity contribution < 1.29 is 17.6 Å². The maximum atomic E-state index is 13.9. The van der Waals surface area contributed by atoms with E-state index in [4.69, 9.17) is 5.73 Å². The first kappa shape index (κ1) is 15.9. The Bertz CT molecular complexity index is 644. The number of amides is 1. The third-order valence-electron chi connectivity index (χ3n) is 3.28. The lowest BCUT2D eigenvalue weighted by Crippen LogP contribution is -2.38. The Morgan fingerprint density at radius 3 is 2.67 bits per heavy atom. The van der Waals surface area contributed by atoms with Gasteiger partial charge in [-0.3, -0.25) is 4.79 Å². The highest BCUT2D eigenvalue weighted by Crippen LogP contribution is 2.31. The van der Waals surface area contributed by atoms with E-state index in [9.17, 15) is 17.6 Å². The van der Waals surface area contributed by atoms with Crippen LogP contribution < -0.4 is 15.8 Å². The number of benzene rings is 1. The molecule has 0 aliphatic heterocycles. The Kier molecular flexibility index (Phi) is 4.60. The third kappa shape index (κ3) is 4.23. The molecule has 1 aliphatic rings. The second-order valence-electron chi connectivity index (χ2n) is 5.18. The minimum atomic E-state index is -3.95. The van der Waals surface area contributed by atoms with Crippen LogP contribution in [-0.4, -0.2) is 26.9 Å². The molecule has 0 radical (unpaired) electrons. The van der Waals surface area contributed by atoms with Gasteiger partial charge in [0, 0.05) is 25.2 Å². The van der Waals surface area contributed by atoms with Crippen molar-refractivity contribution in [1.29, 1.82) is 0 Å². The molecule has 1 fully saturated rings. The molecule has 1 unspecified atom stereocenters. The second kappa shape index (κ2) is 6.08. The van der Waals surface area contributed by atoms with Crippen LogP contribution in [0.5, 0.6) is 0 Å². The van der Waals surface area contributed by atoms with Crippen LogP contribution in [0.1, 0.15) is 19.8 Å². The zero-order valence-electron chi connectivity index (χ0n) is 11.6. The highest BCUT2D eigenvalue weighted by molar-refractivity contribution is 7.89. The van der Waals surface area contributed by atoms with E-state index in [-0.39, 0.29) is 24.2 Å². The number of nitrogens with two attached hydrogens (primary N) is 1. The van der Waals surface area contributed by atoms with Crippen LogP contribution >= 0.6 is 0 Å². The summed E-state index contributed by atoms with van der Waals surface area (Å²) in [5, 5.41) is 2.38. The summed E-state index contributed by atoms with van der Waals surface area (Å²) in [6, 6.07) is 3.17. The standard InChI is InChI=1S/C13H18FN3O3S/c1-8(18)17-10-4-5-13(11(14)6-10)21(19,20)16-7-12(15)9-2-3-9/h4-6,9,12,16H,2-3,7,15H2,1H3,(H,17,18). The molecule has 6 nitrogen and oxygen atoms in total. The zero-order valence-corrected chi connectivity index (χ0v) is 12.4. The summed E-state index contributed by atoms with van der Waals surface area (Å²) in [5.41, 5.74) is 6.02. The average molecular weight is 315 g/mol. The molecule has 4 N–H and O–H groups in total. The van der Waals surface area contributed by atoms with E-state index in [1.54, 1.807) is 0 Å². The number of anilines is 1. The first-order valence-corrected chi connectivity index (χ1v) is 8.10. The maximum Gasteiger partial charge on any atom is 0.243 e. The fourth-order valence-electron chi connectivity index (χ4n) is 1.97. The molecule has 21 heavy (non-hydrogen) atoms. The highest BCUT2D eigenvalue weighted by Gasteiger charge is 2.30. The van der Waals surface area contributed by atoms with Crippen LogP contribution in [0.4, 0.5) is 10.1 Å². The molecule has 0 aromatic heterocycles. The molecule has 1 aromatic carbocycles. The minimum absolute atomic E-state index is 0.0832. The molecule has 1 aromatic rings. The number of hydrogen-bond acceptors (Lipinski definition) is 4. The lowest BCUT2D eigenvalue weighted by atomic mass is 10.2. The van der Waals surface area contributed by atoms with Crippen LogP contribution in [0.15, 0.2) is 23.1 Å². The summed E-state index contributed by atoms with van der Waals surface area (Å²) in [6.45, 7) is 1.36. The molecule has 0 spiro atoms. The van der Waals surface area contributed by atoms with Crippen molar-refractivity contribution in [2.45, 2.75) is 30.7 Å². The van der Waals surface area contributed by atoms with E-state index in [2.05, 4.69) is 10.0 Å². The fourth-order valence-corrected chi connectivity index (χ4v) is 3.10. The number of nitrogens with one attached hydrogen (secondary N) is 2. The van der Waals surface area contributed by atoms with Gasteiger partial charge in [-0.2, -0.15) is 0 Å². The lowest BCUT2D eigenvalue weighted by Gasteiger charge is -2.13. The predicted octanol–water partition coefficient (Wildman–Crippen LogP) is 0.800. The summed E-state index contributed by atoms with van der Waals surface area (Å²) < 4.78 is 40.3. The topological polar surface area (TPSA) is 101 Å². The molecular weight excluding hydrogens is 297 g/mol. The molecule has 0 saturated heterocycles. The summed E-state index contributed by atoms with van der Waals surface area (Å²) >= 11 is 0. The van der Waals surface area contributed by atoms with Crippen molar-refractivity contribution >= 4 is 21.6 Å². The number of carbonyl (C=O) groups is 1. The molecule has 2 rings (SSSR count). The Balaban J connectivity index is 2.09. The average Bonchev–Trinajstić information content (AvgIpc) is 3.19. The van der Waals surface area contributed by atoms with Crippen LogP contribution in [-0.2, 0) is 14.8 Å². The molecule has 8 heteroatoms. The molecule has 1 amide bonds. The van der Waals surface area contributed by atoms with Crippen LogP contribution in [0.25, 0.3) is 0 Å². The molecular formula is C13H18FN3O3S. The first-order valence-electron chi connectivity index (χ1n) is 6.62. The van der Waals surface area contributed by atoms with E-state index >= 15 is 0 Å². The summed E-state index contributed by atoms with van der Waals surface area (Å²) in [5.74, 6) is -0.938. The predicted molar refractivity (Wildman–Crippen MR) is 76.6 cm³/mol. The SMILES string of the molecule is CC(=O)Nc1ccc(S(=O)(=O)NCC(N)C2CC2)c(F)c1. The molecule has 1 aliphatic carbocycles. The molecule has 0 heterocycles. The van der Waals surface area contributed by atoms with Gasteiger partial charge in [-0.25, -0.2) is 17.5 Å². The Morgan fingerprint density at radius 2 is 2.14 bits per heavy atom. The van der Waals surface area contributed by atoms with Crippen LogP contribution in [0.2, 0.25) is 0 Å². The van der Waals surface area contributed by atoms with Gasteiger partial charge in [0.2, 0.25) is 15.9 Å². The van der Waals surface area contributed by atoms with Gasteiger partial charge >= 0.3 is 0 Å². The van der Waals surface area contributed by atoms with Gasteiger partial charge in [0.25, 0.3) is 0 Å². The van der Waals surface area contributed by atoms with Crippen molar-refractivity contribution in [3.8, 4) is 0 Å². The monoisotopic (exact) mass is 315 g/mol. The first-order chi connectivity index (χ1) is 9.79. The van der Waals surface area contributed by atoms with Gasteiger partial charge in [0.1, 0.15) is 10.7 Å². The summed E-state index contributed by atoms with van der Waals surface area (Å²) in [4.78, 5) is 10.4. The largest absolute Gasteiger partial charge is 0.326 e. The number of sulfonamides is 1. The highest BCUT2D eigenvalue weighted by atomic mass is 32.2. The van der Waals surface area contributed by atoms with E-state index in [1.807, 2.05) is 0 Å². The Morgan fingerprint density at radius 1 is 1.48 bits per heavy atom. The van der Waals surface area contributed by atoms with E-state index < -0.39 is 20.7 Å². The van der Waals surface area contributed by atoms with Gasteiger partial charge in [-0.15, -0.1) is 0 Å². The van der Waals surface area contributed by atoms with Gasteiger partial charge in [-0.05, 0) is 37.0 Å². The maximum absolute atomic E-state index is 13.9. The number of rotatable bonds is 6. The molecule has 1 saturated carbocycles. The molecule has 0 bridgehead atoms. The Labute approximate surface area is 123 Å². The zero-order chi connectivity index (χ0) is 15.6. The van der Waals surface area contributed by atoms with Crippen LogP contribution in [0.3, 0.4) is 0 Å². The van der Waals surface area contributed by atoms with Gasteiger partial charge in [0.15, 0.2) is 0 Å². The quantitative estimate of drug-likeness (QED) is 0.722. The number of carbonyl (C=O) groups excluding carboxylic acids is 1. The smallest absolute Gasteiger partial charge is 0.243 e. The second-order valence-corrected chi connectivity index (χ2v) is 6.91. The van der Waals surface area contributed by atoms with E-state index in [0.29, 0.717) is 5.92 Å². The van der Waals surface area contributed by atoms with Crippen molar-refractivity contribution in [2.24, 2.45) is 11.7 Å². The number of halogens is 1. The Hall–Kier alpha value is -1.51. The van der Waals surface area contributed by atoms with E-state index in [0.717, 1.165) is 25.0 Å². The van der Waals surface area contributed by atoms with Gasteiger partial charge in [0.05, 0.1) is 0 Å². The summed E-state index contributed by atoms with van der Waals surface area (Å²) in [6.07, 6.45) is 2.01.